The Bertz CT molecular complexity index is 546. The first-order valence-electron chi connectivity index (χ1n) is 7.36. The molecule has 1 aliphatic rings. The van der Waals surface area contributed by atoms with Gasteiger partial charge in [-0.25, -0.2) is 9.18 Å². The van der Waals surface area contributed by atoms with Crippen LogP contribution in [-0.4, -0.2) is 40.6 Å². The number of carboxylic acids is 1. The Morgan fingerprint density at radius 1 is 1.36 bits per heavy atom. The smallest absolute Gasteiger partial charge is 0.329 e. The summed E-state index contributed by atoms with van der Waals surface area (Å²) in [6.07, 6.45) is 1.92. The molecule has 1 aromatic carbocycles. The van der Waals surface area contributed by atoms with Gasteiger partial charge in [-0.15, -0.1) is 0 Å². The number of amides is 1. The maximum Gasteiger partial charge on any atom is 0.329 e. The number of nitrogens with zero attached hydrogens (tertiary/aromatic N) is 1. The molecule has 1 aromatic rings. The third-order valence-corrected chi connectivity index (χ3v) is 4.02. The molecular formula is C16H20FNO4. The molecule has 5 nitrogen and oxygen atoms in total. The van der Waals surface area contributed by atoms with Gasteiger partial charge >= 0.3 is 5.97 Å². The van der Waals surface area contributed by atoms with Crippen LogP contribution in [0.5, 0.6) is 5.75 Å². The number of carbonyl (C=O) groups excluding carboxylic acids is 1. The number of ether oxygens (including phenoxy) is 1. The van der Waals surface area contributed by atoms with Crippen molar-refractivity contribution < 1.29 is 23.8 Å². The number of hydrogen-bond acceptors (Lipinski definition) is 3. The van der Waals surface area contributed by atoms with Crippen LogP contribution in [0.2, 0.25) is 0 Å². The number of carbonyl (C=O) groups is 2. The second kappa shape index (κ2) is 6.77. The summed E-state index contributed by atoms with van der Waals surface area (Å²) in [6, 6.07) is 5.67. The van der Waals surface area contributed by atoms with Crippen LogP contribution in [0.25, 0.3) is 0 Å². The number of hydrogen-bond donors (Lipinski definition) is 1. The van der Waals surface area contributed by atoms with Crippen molar-refractivity contribution in [3.05, 3.63) is 30.1 Å². The van der Waals surface area contributed by atoms with Gasteiger partial charge in [0, 0.05) is 13.0 Å². The average molecular weight is 309 g/mol. The first-order valence-corrected chi connectivity index (χ1v) is 7.36. The molecule has 120 valence electrons. The van der Waals surface area contributed by atoms with Crippen LogP contribution in [0, 0.1) is 5.82 Å². The molecule has 0 spiro atoms. The molecule has 1 aliphatic heterocycles. The number of benzene rings is 1. The summed E-state index contributed by atoms with van der Waals surface area (Å²) in [4.78, 5) is 25.0. The SMILES string of the molecule is CC1(C(=O)O)CCCN1C(=O)CCCOc1ccc(F)cc1. The molecular weight excluding hydrogens is 289 g/mol. The largest absolute Gasteiger partial charge is 0.494 e. The highest BCUT2D eigenvalue weighted by molar-refractivity contribution is 5.87. The third kappa shape index (κ3) is 3.55. The lowest BCUT2D eigenvalue weighted by Gasteiger charge is -2.31. The van der Waals surface area contributed by atoms with Crippen molar-refractivity contribution >= 4 is 11.9 Å². The zero-order valence-corrected chi connectivity index (χ0v) is 12.5. The van der Waals surface area contributed by atoms with Gasteiger partial charge in [0.1, 0.15) is 17.1 Å². The molecule has 1 amide bonds. The van der Waals surface area contributed by atoms with Crippen LogP contribution in [0.4, 0.5) is 4.39 Å². The van der Waals surface area contributed by atoms with E-state index < -0.39 is 11.5 Å². The summed E-state index contributed by atoms with van der Waals surface area (Å²) in [6.45, 7) is 2.41. The molecule has 0 radical (unpaired) electrons. The number of likely N-dealkylation sites (tertiary alicyclic amines) is 1. The lowest BCUT2D eigenvalue weighted by molar-refractivity contribution is -0.155. The van der Waals surface area contributed by atoms with Crippen LogP contribution in [0.15, 0.2) is 24.3 Å². The van der Waals surface area contributed by atoms with E-state index in [2.05, 4.69) is 0 Å². The van der Waals surface area contributed by atoms with E-state index >= 15 is 0 Å². The molecule has 1 saturated heterocycles. The van der Waals surface area contributed by atoms with Crippen molar-refractivity contribution in [2.45, 2.75) is 38.1 Å². The van der Waals surface area contributed by atoms with Crippen molar-refractivity contribution in [1.82, 2.24) is 4.90 Å². The molecule has 22 heavy (non-hydrogen) atoms. The van der Waals surface area contributed by atoms with E-state index in [-0.39, 0.29) is 18.1 Å². The maximum atomic E-state index is 12.7. The van der Waals surface area contributed by atoms with Crippen LogP contribution in [0.1, 0.15) is 32.6 Å². The Hall–Kier alpha value is -2.11. The molecule has 0 aliphatic carbocycles. The second-order valence-corrected chi connectivity index (χ2v) is 5.63. The van der Waals surface area contributed by atoms with Gasteiger partial charge in [-0.1, -0.05) is 0 Å². The topological polar surface area (TPSA) is 66.8 Å². The monoisotopic (exact) mass is 309 g/mol. The molecule has 0 aromatic heterocycles. The predicted molar refractivity (Wildman–Crippen MR) is 78.1 cm³/mol. The normalized spacial score (nSPS) is 20.9. The third-order valence-electron chi connectivity index (χ3n) is 4.02. The van der Waals surface area contributed by atoms with E-state index in [9.17, 15) is 19.1 Å². The Balaban J connectivity index is 1.78. The summed E-state index contributed by atoms with van der Waals surface area (Å²) in [5.41, 5.74) is -1.09. The van der Waals surface area contributed by atoms with Gasteiger partial charge in [0.15, 0.2) is 0 Å². The molecule has 1 fully saturated rings. The quantitative estimate of drug-likeness (QED) is 0.820. The summed E-state index contributed by atoms with van der Waals surface area (Å²) >= 11 is 0. The highest BCUT2D eigenvalue weighted by Crippen LogP contribution is 2.30. The van der Waals surface area contributed by atoms with E-state index in [0.29, 0.717) is 38.2 Å². The fourth-order valence-corrected chi connectivity index (χ4v) is 2.66. The number of carboxylic acid groups (broad SMARTS) is 1. The van der Waals surface area contributed by atoms with Crippen LogP contribution < -0.4 is 4.74 Å². The lowest BCUT2D eigenvalue weighted by Crippen LogP contribution is -2.50. The highest BCUT2D eigenvalue weighted by Gasteiger charge is 2.45. The van der Waals surface area contributed by atoms with Crippen LogP contribution in [0.3, 0.4) is 0 Å². The predicted octanol–water partition coefficient (Wildman–Crippen LogP) is 2.45. The summed E-state index contributed by atoms with van der Waals surface area (Å²) in [7, 11) is 0. The van der Waals surface area contributed by atoms with Crippen molar-refractivity contribution in [2.24, 2.45) is 0 Å². The first-order chi connectivity index (χ1) is 10.4. The number of rotatable bonds is 6. The fraction of sp³-hybridized carbons (Fsp3) is 0.500. The minimum atomic E-state index is -1.09. The Labute approximate surface area is 128 Å². The van der Waals surface area contributed by atoms with E-state index in [1.165, 1.54) is 29.2 Å². The zero-order valence-electron chi connectivity index (χ0n) is 12.5. The highest BCUT2D eigenvalue weighted by atomic mass is 19.1. The van der Waals surface area contributed by atoms with Crippen LogP contribution in [-0.2, 0) is 9.59 Å². The van der Waals surface area contributed by atoms with Crippen molar-refractivity contribution in [3.63, 3.8) is 0 Å². The van der Waals surface area contributed by atoms with E-state index in [4.69, 9.17) is 4.74 Å². The zero-order chi connectivity index (χ0) is 16.2. The summed E-state index contributed by atoms with van der Waals surface area (Å²) in [5.74, 6) is -0.902. The lowest BCUT2D eigenvalue weighted by atomic mass is 9.99. The summed E-state index contributed by atoms with van der Waals surface area (Å²) < 4.78 is 18.2. The maximum absolute atomic E-state index is 12.7. The first kappa shape index (κ1) is 16.3. The van der Waals surface area contributed by atoms with Gasteiger partial charge in [0.2, 0.25) is 5.91 Å². The van der Waals surface area contributed by atoms with Crippen LogP contribution >= 0.6 is 0 Å². The molecule has 2 rings (SSSR count). The van der Waals surface area contributed by atoms with Crippen molar-refractivity contribution in [3.8, 4) is 5.75 Å². The molecule has 1 N–H and O–H groups in total. The summed E-state index contributed by atoms with van der Waals surface area (Å²) in [5, 5.41) is 9.29. The van der Waals surface area contributed by atoms with Gasteiger partial charge in [-0.2, -0.15) is 0 Å². The van der Waals surface area contributed by atoms with Gasteiger partial charge < -0.3 is 14.7 Å². The Morgan fingerprint density at radius 2 is 2.05 bits per heavy atom. The van der Waals surface area contributed by atoms with E-state index in [0.717, 1.165) is 0 Å². The molecule has 1 atom stereocenters. The fourth-order valence-electron chi connectivity index (χ4n) is 2.66. The average Bonchev–Trinajstić information content (AvgIpc) is 2.89. The number of aliphatic carboxylic acids is 1. The number of halogens is 1. The molecule has 1 heterocycles. The minimum Gasteiger partial charge on any atom is -0.494 e. The van der Waals surface area contributed by atoms with E-state index in [1.54, 1.807) is 6.92 Å². The van der Waals surface area contributed by atoms with Crippen molar-refractivity contribution in [1.29, 1.82) is 0 Å². The molecule has 0 saturated carbocycles. The Morgan fingerprint density at radius 3 is 2.68 bits per heavy atom. The van der Waals surface area contributed by atoms with Gasteiger partial charge in [-0.05, 0) is 50.5 Å². The minimum absolute atomic E-state index is 0.162. The van der Waals surface area contributed by atoms with E-state index in [1.807, 2.05) is 0 Å². The standard InChI is InChI=1S/C16H20FNO4/c1-16(15(20)21)9-3-10-18(16)14(19)4-2-11-22-13-7-5-12(17)6-8-13/h5-8H,2-4,9-11H2,1H3,(H,20,21). The van der Waals surface area contributed by atoms with Gasteiger partial charge in [0.05, 0.1) is 6.61 Å². The van der Waals surface area contributed by atoms with Gasteiger partial charge in [0.25, 0.3) is 0 Å². The Kier molecular flexibility index (Phi) is 5.00. The molecule has 0 bridgehead atoms. The van der Waals surface area contributed by atoms with Gasteiger partial charge in [-0.3, -0.25) is 4.79 Å². The second-order valence-electron chi connectivity index (χ2n) is 5.63. The molecule has 1 unspecified atom stereocenters. The molecule has 6 heteroatoms. The van der Waals surface area contributed by atoms with Crippen molar-refractivity contribution in [2.75, 3.05) is 13.2 Å².